The zero-order valence-corrected chi connectivity index (χ0v) is 13.6. The van der Waals surface area contributed by atoms with Crippen molar-refractivity contribution < 1.29 is 4.79 Å². The average Bonchev–Trinajstić information content (AvgIpc) is 3.05. The second kappa shape index (κ2) is 5.32. The van der Waals surface area contributed by atoms with Crippen LogP contribution >= 0.6 is 11.3 Å². The fraction of sp³-hybridized carbons (Fsp3) is 0.278. The number of hydrogen-bond donors (Lipinski definition) is 1. The largest absolute Gasteiger partial charge is 0.320 e. The van der Waals surface area contributed by atoms with Gasteiger partial charge in [-0.15, -0.1) is 11.3 Å². The van der Waals surface area contributed by atoms with Crippen LogP contribution < -0.4 is 5.32 Å². The van der Waals surface area contributed by atoms with Gasteiger partial charge in [0.2, 0.25) is 0 Å². The highest BCUT2D eigenvalue weighted by Crippen LogP contribution is 2.40. The number of nitrogens with one attached hydrogen (secondary N) is 1. The molecule has 1 aliphatic carbocycles. The molecule has 1 aromatic heterocycles. The van der Waals surface area contributed by atoms with Gasteiger partial charge in [0.15, 0.2) is 0 Å². The normalized spacial score (nSPS) is 17.6. The van der Waals surface area contributed by atoms with Crippen LogP contribution in [-0.2, 0) is 17.6 Å². The van der Waals surface area contributed by atoms with E-state index in [4.69, 9.17) is 0 Å². The molecule has 114 valence electrons. The van der Waals surface area contributed by atoms with Crippen molar-refractivity contribution in [3.8, 4) is 6.07 Å². The van der Waals surface area contributed by atoms with Crippen LogP contribution in [0.4, 0.5) is 10.7 Å². The number of carbonyl (C=O) groups is 1. The number of amides is 1. The summed E-state index contributed by atoms with van der Waals surface area (Å²) in [6.45, 7) is 1.99. The van der Waals surface area contributed by atoms with Crippen molar-refractivity contribution in [2.75, 3.05) is 5.32 Å². The van der Waals surface area contributed by atoms with Crippen molar-refractivity contribution >= 4 is 33.6 Å². The minimum Gasteiger partial charge on any atom is -0.320 e. The Bertz CT molecular complexity index is 902. The summed E-state index contributed by atoms with van der Waals surface area (Å²) in [5, 5.41) is 13.1. The number of thiophene rings is 1. The van der Waals surface area contributed by atoms with Crippen molar-refractivity contribution in [1.29, 1.82) is 5.26 Å². The Labute approximate surface area is 138 Å². The second-order valence-electron chi connectivity index (χ2n) is 5.97. The summed E-state index contributed by atoms with van der Waals surface area (Å²) in [6, 6.07) is 8.13. The highest BCUT2D eigenvalue weighted by molar-refractivity contribution is 7.16. The topological polar surface area (TPSA) is 65.2 Å². The molecule has 0 atom stereocenters. The molecule has 2 aliphatic rings. The quantitative estimate of drug-likeness (QED) is 0.866. The first-order valence-electron chi connectivity index (χ1n) is 7.73. The number of aryl methyl sites for hydroxylation is 2. The number of nitrogens with zero attached hydrogens (tertiary/aromatic N) is 2. The lowest BCUT2D eigenvalue weighted by atomic mass is 9.96. The third-order valence-electron chi connectivity index (χ3n) is 4.37. The molecule has 1 aromatic carbocycles. The van der Waals surface area contributed by atoms with Crippen molar-refractivity contribution in [3.05, 3.63) is 45.3 Å². The van der Waals surface area contributed by atoms with E-state index in [2.05, 4.69) is 16.4 Å². The van der Waals surface area contributed by atoms with E-state index < -0.39 is 0 Å². The lowest BCUT2D eigenvalue weighted by Crippen LogP contribution is -2.13. The summed E-state index contributed by atoms with van der Waals surface area (Å²) < 4.78 is 0. The van der Waals surface area contributed by atoms with Gasteiger partial charge in [-0.25, -0.2) is 4.99 Å². The Balaban J connectivity index is 1.86. The predicted molar refractivity (Wildman–Crippen MR) is 91.7 cm³/mol. The van der Waals surface area contributed by atoms with Gasteiger partial charge < -0.3 is 5.32 Å². The summed E-state index contributed by atoms with van der Waals surface area (Å²) in [5.41, 5.74) is 4.92. The average molecular weight is 321 g/mol. The first kappa shape index (κ1) is 14.2. The van der Waals surface area contributed by atoms with E-state index in [9.17, 15) is 10.1 Å². The van der Waals surface area contributed by atoms with E-state index >= 15 is 0 Å². The van der Waals surface area contributed by atoms with Crippen LogP contribution in [0, 0.1) is 18.3 Å². The molecule has 0 saturated heterocycles. The maximum Gasteiger partial charge on any atom is 0.275 e. The summed E-state index contributed by atoms with van der Waals surface area (Å²) >= 11 is 1.56. The molecule has 0 unspecified atom stereocenters. The molecule has 2 heterocycles. The van der Waals surface area contributed by atoms with E-state index in [1.54, 1.807) is 11.3 Å². The van der Waals surface area contributed by atoms with Crippen LogP contribution in [0.3, 0.4) is 0 Å². The summed E-state index contributed by atoms with van der Waals surface area (Å²) in [5.74, 6) is -0.194. The van der Waals surface area contributed by atoms with E-state index in [0.29, 0.717) is 16.3 Å². The Hall–Kier alpha value is -2.45. The van der Waals surface area contributed by atoms with E-state index in [0.717, 1.165) is 48.1 Å². The molecule has 1 aliphatic heterocycles. The smallest absolute Gasteiger partial charge is 0.275 e. The SMILES string of the molecule is Cc1ccc2c(c1)C(=Nc1sc3c(c1C#N)CCCC3)C(=O)N2. The third kappa shape index (κ3) is 2.27. The van der Waals surface area contributed by atoms with Crippen molar-refractivity contribution in [1.82, 2.24) is 0 Å². The first-order valence-corrected chi connectivity index (χ1v) is 8.54. The molecule has 2 aromatic rings. The minimum absolute atomic E-state index is 0.194. The lowest BCUT2D eigenvalue weighted by molar-refractivity contribution is -0.110. The van der Waals surface area contributed by atoms with Gasteiger partial charge in [-0.1, -0.05) is 11.6 Å². The van der Waals surface area contributed by atoms with Crippen LogP contribution in [0.2, 0.25) is 0 Å². The molecule has 4 nitrogen and oxygen atoms in total. The molecule has 4 rings (SSSR count). The number of rotatable bonds is 1. The van der Waals surface area contributed by atoms with Crippen molar-refractivity contribution in [3.63, 3.8) is 0 Å². The highest BCUT2D eigenvalue weighted by atomic mass is 32.1. The van der Waals surface area contributed by atoms with Gasteiger partial charge in [0, 0.05) is 10.4 Å². The molecule has 0 fully saturated rings. The molecule has 1 amide bonds. The zero-order valence-electron chi connectivity index (χ0n) is 12.8. The predicted octanol–water partition coefficient (Wildman–Crippen LogP) is 3.88. The van der Waals surface area contributed by atoms with Gasteiger partial charge in [0.05, 0.1) is 11.3 Å². The molecule has 0 bridgehead atoms. The van der Waals surface area contributed by atoms with Gasteiger partial charge in [-0.3, -0.25) is 4.79 Å². The Morgan fingerprint density at radius 1 is 1.30 bits per heavy atom. The molecule has 23 heavy (non-hydrogen) atoms. The number of carbonyl (C=O) groups excluding carboxylic acids is 1. The Morgan fingerprint density at radius 3 is 2.96 bits per heavy atom. The molecule has 5 heteroatoms. The monoisotopic (exact) mass is 321 g/mol. The zero-order chi connectivity index (χ0) is 16.0. The van der Waals surface area contributed by atoms with Crippen LogP contribution in [0.25, 0.3) is 0 Å². The van der Waals surface area contributed by atoms with Crippen LogP contribution in [0.15, 0.2) is 23.2 Å². The van der Waals surface area contributed by atoms with Crippen LogP contribution in [0.5, 0.6) is 0 Å². The Morgan fingerprint density at radius 2 is 2.13 bits per heavy atom. The van der Waals surface area contributed by atoms with Crippen molar-refractivity contribution in [2.45, 2.75) is 32.6 Å². The maximum atomic E-state index is 12.3. The molecule has 0 radical (unpaired) electrons. The molecule has 0 saturated carbocycles. The first-order chi connectivity index (χ1) is 11.2. The summed E-state index contributed by atoms with van der Waals surface area (Å²) in [4.78, 5) is 18.1. The lowest BCUT2D eigenvalue weighted by Gasteiger charge is -2.09. The summed E-state index contributed by atoms with van der Waals surface area (Å²) in [6.07, 6.45) is 4.25. The molecule has 0 spiro atoms. The number of anilines is 1. The van der Waals surface area contributed by atoms with E-state index in [1.165, 1.54) is 4.88 Å². The van der Waals surface area contributed by atoms with Crippen molar-refractivity contribution in [2.24, 2.45) is 4.99 Å². The Kier molecular flexibility index (Phi) is 3.28. The van der Waals surface area contributed by atoms with Gasteiger partial charge in [0.25, 0.3) is 5.91 Å². The summed E-state index contributed by atoms with van der Waals surface area (Å²) in [7, 11) is 0. The number of nitriles is 1. The molecular formula is C18H15N3OS. The molecule has 1 N–H and O–H groups in total. The molecular weight excluding hydrogens is 306 g/mol. The second-order valence-corrected chi connectivity index (χ2v) is 7.05. The third-order valence-corrected chi connectivity index (χ3v) is 5.56. The van der Waals surface area contributed by atoms with Gasteiger partial charge in [-0.2, -0.15) is 5.26 Å². The number of aliphatic imine (C=N–C) groups is 1. The number of benzene rings is 1. The standard InChI is InChI=1S/C18H15N3OS/c1-10-6-7-14-12(8-10)16(17(22)20-14)21-18-13(9-19)11-4-2-3-5-15(11)23-18/h6-8H,2-5H2,1H3,(H,20,21,22). The van der Waals surface area contributed by atoms with Crippen LogP contribution in [0.1, 0.15) is 40.0 Å². The van der Waals surface area contributed by atoms with E-state index in [1.807, 2.05) is 25.1 Å². The number of hydrogen-bond acceptors (Lipinski definition) is 4. The van der Waals surface area contributed by atoms with E-state index in [-0.39, 0.29) is 5.91 Å². The number of fused-ring (bicyclic) bond motifs is 2. The van der Waals surface area contributed by atoms with Gasteiger partial charge in [-0.05, 0) is 50.3 Å². The maximum absolute atomic E-state index is 12.3. The fourth-order valence-electron chi connectivity index (χ4n) is 3.22. The van der Waals surface area contributed by atoms with Gasteiger partial charge in [0.1, 0.15) is 16.8 Å². The fourth-order valence-corrected chi connectivity index (χ4v) is 4.44. The van der Waals surface area contributed by atoms with Crippen LogP contribution in [-0.4, -0.2) is 11.6 Å². The highest BCUT2D eigenvalue weighted by Gasteiger charge is 2.28. The minimum atomic E-state index is -0.194. The van der Waals surface area contributed by atoms with Gasteiger partial charge >= 0.3 is 0 Å².